The van der Waals surface area contributed by atoms with Gasteiger partial charge in [-0.3, -0.25) is 14.4 Å². The maximum atomic E-state index is 12.6. The normalized spacial score (nSPS) is 16.5. The molecule has 1 saturated carbocycles. The highest BCUT2D eigenvalue weighted by atomic mass is 35.5. The van der Waals surface area contributed by atoms with Crippen molar-refractivity contribution >= 4 is 17.5 Å². The maximum Gasteiger partial charge on any atom is 0.236 e. The molecule has 0 spiro atoms. The van der Waals surface area contributed by atoms with Gasteiger partial charge in [0, 0.05) is 11.2 Å². The molecular formula is C19H21ClN2O. The van der Waals surface area contributed by atoms with E-state index in [1.807, 2.05) is 42.5 Å². The van der Waals surface area contributed by atoms with Crippen LogP contribution in [0.1, 0.15) is 42.5 Å². The Balaban J connectivity index is 1.82. The Kier molecular flexibility index (Phi) is 5.29. The maximum absolute atomic E-state index is 12.6. The molecule has 1 aromatic heterocycles. The van der Waals surface area contributed by atoms with Crippen molar-refractivity contribution in [2.75, 3.05) is 0 Å². The van der Waals surface area contributed by atoms with Crippen molar-refractivity contribution in [3.05, 3.63) is 64.7 Å². The molecule has 1 aliphatic rings. The molecule has 0 unspecified atom stereocenters. The van der Waals surface area contributed by atoms with Gasteiger partial charge < -0.3 is 0 Å². The third-order valence-electron chi connectivity index (χ3n) is 4.27. The van der Waals surface area contributed by atoms with E-state index in [4.69, 9.17) is 16.6 Å². The average molecular weight is 329 g/mol. The Morgan fingerprint density at radius 2 is 1.83 bits per heavy atom. The van der Waals surface area contributed by atoms with Crippen molar-refractivity contribution in [1.29, 1.82) is 0 Å². The number of carbonyl (C=O) groups is 1. The van der Waals surface area contributed by atoms with Gasteiger partial charge in [0.1, 0.15) is 5.49 Å². The number of halogens is 1. The van der Waals surface area contributed by atoms with E-state index in [0.717, 1.165) is 23.9 Å². The van der Waals surface area contributed by atoms with Gasteiger partial charge in [-0.2, -0.15) is 0 Å². The molecule has 4 heteroatoms. The standard InChI is InChI=1S/C19H21ClN2O/c20-16-11-9-15(10-12-16)14-19(23)22-13-5-4-8-18(22)21-17-6-2-1-3-7-17/h4-5,8-13,17H,1-3,6-7,14H2. The molecule has 1 aliphatic carbocycles. The quantitative estimate of drug-likeness (QED) is 0.829. The predicted molar refractivity (Wildman–Crippen MR) is 92.7 cm³/mol. The molecule has 0 N–H and O–H groups in total. The summed E-state index contributed by atoms with van der Waals surface area (Å²) < 4.78 is 1.67. The van der Waals surface area contributed by atoms with Gasteiger partial charge in [0.2, 0.25) is 5.91 Å². The van der Waals surface area contributed by atoms with Crippen LogP contribution in [0.4, 0.5) is 0 Å². The summed E-state index contributed by atoms with van der Waals surface area (Å²) >= 11 is 5.89. The Labute approximate surface area is 141 Å². The van der Waals surface area contributed by atoms with E-state index < -0.39 is 0 Å². The highest BCUT2D eigenvalue weighted by Gasteiger charge is 2.13. The molecule has 3 nitrogen and oxygen atoms in total. The average Bonchev–Trinajstić information content (AvgIpc) is 2.58. The summed E-state index contributed by atoms with van der Waals surface area (Å²) in [5.41, 5.74) is 1.72. The Morgan fingerprint density at radius 3 is 2.57 bits per heavy atom. The van der Waals surface area contributed by atoms with Crippen molar-refractivity contribution in [1.82, 2.24) is 4.57 Å². The molecule has 2 aromatic rings. The van der Waals surface area contributed by atoms with E-state index >= 15 is 0 Å². The SMILES string of the molecule is O=C(Cc1ccc(Cl)cc1)n1ccccc1=NC1CCCCC1. The second kappa shape index (κ2) is 7.60. The summed E-state index contributed by atoms with van der Waals surface area (Å²) in [5, 5.41) is 0.682. The van der Waals surface area contributed by atoms with Crippen LogP contribution in [0.25, 0.3) is 0 Å². The minimum atomic E-state index is 0.0301. The molecule has 0 amide bonds. The number of hydrogen-bond acceptors (Lipinski definition) is 2. The topological polar surface area (TPSA) is 34.4 Å². The van der Waals surface area contributed by atoms with Crippen molar-refractivity contribution in [3.8, 4) is 0 Å². The van der Waals surface area contributed by atoms with Gasteiger partial charge in [-0.1, -0.05) is 49.1 Å². The van der Waals surface area contributed by atoms with Crippen LogP contribution in [0.2, 0.25) is 5.02 Å². The number of hydrogen-bond donors (Lipinski definition) is 0. The van der Waals surface area contributed by atoms with E-state index in [-0.39, 0.29) is 5.91 Å². The van der Waals surface area contributed by atoms with E-state index in [0.29, 0.717) is 17.5 Å². The zero-order valence-corrected chi connectivity index (χ0v) is 13.9. The summed E-state index contributed by atoms with van der Waals surface area (Å²) in [6.45, 7) is 0. The van der Waals surface area contributed by atoms with Crippen molar-refractivity contribution in [2.45, 2.75) is 44.6 Å². The smallest absolute Gasteiger partial charge is 0.236 e. The molecular weight excluding hydrogens is 308 g/mol. The van der Waals surface area contributed by atoms with Crippen molar-refractivity contribution in [2.24, 2.45) is 4.99 Å². The number of benzene rings is 1. The first-order chi connectivity index (χ1) is 11.2. The molecule has 0 aliphatic heterocycles. The summed E-state index contributed by atoms with van der Waals surface area (Å²) in [5.74, 6) is 0.0301. The number of nitrogens with zero attached hydrogens (tertiary/aromatic N) is 2. The summed E-state index contributed by atoms with van der Waals surface area (Å²) in [7, 11) is 0. The molecule has 120 valence electrons. The first-order valence-corrected chi connectivity index (χ1v) is 8.59. The first kappa shape index (κ1) is 16.0. The highest BCUT2D eigenvalue weighted by molar-refractivity contribution is 6.30. The van der Waals surface area contributed by atoms with Crippen LogP contribution in [0.3, 0.4) is 0 Å². The van der Waals surface area contributed by atoms with E-state index in [9.17, 15) is 4.79 Å². The second-order valence-corrected chi connectivity index (χ2v) is 6.48. The van der Waals surface area contributed by atoms with Crippen LogP contribution in [0, 0.1) is 0 Å². The predicted octanol–water partition coefficient (Wildman–Crippen LogP) is 4.26. The zero-order chi connectivity index (χ0) is 16.1. The fraction of sp³-hybridized carbons (Fsp3) is 0.368. The van der Waals surface area contributed by atoms with Crippen LogP contribution in [0.15, 0.2) is 53.7 Å². The molecule has 0 bridgehead atoms. The van der Waals surface area contributed by atoms with Gasteiger partial charge >= 0.3 is 0 Å². The second-order valence-electron chi connectivity index (χ2n) is 6.05. The van der Waals surface area contributed by atoms with Crippen LogP contribution in [-0.4, -0.2) is 16.5 Å². The molecule has 0 radical (unpaired) electrons. The zero-order valence-electron chi connectivity index (χ0n) is 13.1. The lowest BCUT2D eigenvalue weighted by molar-refractivity contribution is 0.0908. The molecule has 0 saturated heterocycles. The minimum Gasteiger partial charge on any atom is -0.274 e. The largest absolute Gasteiger partial charge is 0.274 e. The van der Waals surface area contributed by atoms with Gasteiger partial charge in [-0.05, 0) is 42.7 Å². The fourth-order valence-corrected chi connectivity index (χ4v) is 3.14. The Morgan fingerprint density at radius 1 is 1.09 bits per heavy atom. The van der Waals surface area contributed by atoms with Gasteiger partial charge in [-0.15, -0.1) is 0 Å². The highest BCUT2D eigenvalue weighted by Crippen LogP contribution is 2.19. The monoisotopic (exact) mass is 328 g/mol. The number of carbonyl (C=O) groups excluding carboxylic acids is 1. The van der Waals surface area contributed by atoms with Crippen LogP contribution in [-0.2, 0) is 6.42 Å². The lowest BCUT2D eigenvalue weighted by Crippen LogP contribution is -2.29. The van der Waals surface area contributed by atoms with Crippen molar-refractivity contribution in [3.63, 3.8) is 0 Å². The van der Waals surface area contributed by atoms with Crippen LogP contribution < -0.4 is 5.49 Å². The van der Waals surface area contributed by atoms with E-state index in [1.165, 1.54) is 19.3 Å². The Bertz CT molecular complexity index is 728. The molecule has 23 heavy (non-hydrogen) atoms. The number of aromatic nitrogens is 1. The fourth-order valence-electron chi connectivity index (χ4n) is 3.01. The van der Waals surface area contributed by atoms with Gasteiger partial charge in [0.05, 0.1) is 12.5 Å². The lowest BCUT2D eigenvalue weighted by Gasteiger charge is -2.17. The molecule has 1 fully saturated rings. The molecule has 1 aromatic carbocycles. The third-order valence-corrected chi connectivity index (χ3v) is 4.52. The van der Waals surface area contributed by atoms with Crippen molar-refractivity contribution < 1.29 is 4.79 Å². The van der Waals surface area contributed by atoms with E-state index in [1.54, 1.807) is 10.8 Å². The van der Waals surface area contributed by atoms with Gasteiger partial charge in [-0.25, -0.2) is 0 Å². The van der Waals surface area contributed by atoms with Gasteiger partial charge in [0.15, 0.2) is 0 Å². The summed E-state index contributed by atoms with van der Waals surface area (Å²) in [6.07, 6.45) is 8.18. The van der Waals surface area contributed by atoms with E-state index in [2.05, 4.69) is 0 Å². The van der Waals surface area contributed by atoms with Crippen LogP contribution in [0.5, 0.6) is 0 Å². The number of pyridine rings is 1. The third kappa shape index (κ3) is 4.32. The minimum absolute atomic E-state index is 0.0301. The lowest BCUT2D eigenvalue weighted by atomic mass is 9.96. The Hall–Kier alpha value is -1.87. The molecule has 3 rings (SSSR count). The molecule has 1 heterocycles. The first-order valence-electron chi connectivity index (χ1n) is 8.21. The summed E-state index contributed by atoms with van der Waals surface area (Å²) in [6, 6.07) is 13.5. The van der Waals surface area contributed by atoms with Crippen LogP contribution >= 0.6 is 11.6 Å². The molecule has 0 atom stereocenters. The number of rotatable bonds is 3. The summed E-state index contributed by atoms with van der Waals surface area (Å²) in [4.78, 5) is 17.4. The van der Waals surface area contributed by atoms with Gasteiger partial charge in [0.25, 0.3) is 0 Å².